The third kappa shape index (κ3) is 4.13. The summed E-state index contributed by atoms with van der Waals surface area (Å²) in [5.74, 6) is 1.25. The third-order valence-corrected chi connectivity index (χ3v) is 5.30. The molecule has 22 heavy (non-hydrogen) atoms. The van der Waals surface area contributed by atoms with E-state index < -0.39 is 10.0 Å². The molecule has 7 nitrogen and oxygen atoms in total. The van der Waals surface area contributed by atoms with Crippen LogP contribution in [0.4, 0.5) is 0 Å². The first-order valence-corrected chi connectivity index (χ1v) is 9.73. The molecule has 1 atom stereocenters. The van der Waals surface area contributed by atoms with E-state index in [-0.39, 0.29) is 11.7 Å². The van der Waals surface area contributed by atoms with Gasteiger partial charge in [0.05, 0.1) is 12.3 Å². The fourth-order valence-corrected chi connectivity index (χ4v) is 4.34. The molecule has 1 aliphatic heterocycles. The van der Waals surface area contributed by atoms with Crippen LogP contribution in [0.1, 0.15) is 18.7 Å². The van der Waals surface area contributed by atoms with Crippen LogP contribution in [0.3, 0.4) is 0 Å². The van der Waals surface area contributed by atoms with Gasteiger partial charge in [0.2, 0.25) is 21.7 Å². The summed E-state index contributed by atoms with van der Waals surface area (Å²) in [5, 5.41) is 13.1. The highest BCUT2D eigenvalue weighted by Crippen LogP contribution is 2.21. The van der Waals surface area contributed by atoms with Gasteiger partial charge in [0.25, 0.3) is 0 Å². The topological polar surface area (TPSA) is 102 Å². The van der Waals surface area contributed by atoms with Gasteiger partial charge in [0.1, 0.15) is 0 Å². The van der Waals surface area contributed by atoms with Crippen molar-refractivity contribution in [3.05, 3.63) is 22.7 Å². The first-order valence-electron chi connectivity index (χ1n) is 7.07. The van der Waals surface area contributed by atoms with E-state index in [2.05, 4.69) is 15.0 Å². The molecule has 9 heteroatoms. The van der Waals surface area contributed by atoms with Crippen molar-refractivity contribution in [1.29, 1.82) is 0 Å². The number of likely N-dealkylation sites (tertiary alicyclic amines) is 1. The maximum Gasteiger partial charge on any atom is 0.241 e. The van der Waals surface area contributed by atoms with Crippen molar-refractivity contribution in [2.75, 3.05) is 18.8 Å². The highest BCUT2D eigenvalue weighted by atomic mass is 32.2. The summed E-state index contributed by atoms with van der Waals surface area (Å²) in [4.78, 5) is 6.53. The molecule has 120 valence electrons. The number of nitrogens with two attached hydrogens (primary N) is 1. The molecule has 3 rings (SSSR count). The van der Waals surface area contributed by atoms with Crippen LogP contribution in [0.5, 0.6) is 0 Å². The monoisotopic (exact) mass is 342 g/mol. The van der Waals surface area contributed by atoms with E-state index in [1.807, 2.05) is 16.8 Å². The summed E-state index contributed by atoms with van der Waals surface area (Å²) in [6.45, 7) is 2.13. The lowest BCUT2D eigenvalue weighted by Crippen LogP contribution is -2.38. The predicted octanol–water partition coefficient (Wildman–Crippen LogP) is 1.30. The molecule has 0 aliphatic carbocycles. The van der Waals surface area contributed by atoms with Gasteiger partial charge in [-0.3, -0.25) is 4.90 Å². The predicted molar refractivity (Wildman–Crippen MR) is 83.6 cm³/mol. The highest BCUT2D eigenvalue weighted by molar-refractivity contribution is 7.89. The van der Waals surface area contributed by atoms with Gasteiger partial charge in [-0.15, -0.1) is 0 Å². The molecule has 0 aromatic carbocycles. The van der Waals surface area contributed by atoms with Crippen LogP contribution >= 0.6 is 11.3 Å². The molecule has 1 saturated heterocycles. The van der Waals surface area contributed by atoms with Crippen molar-refractivity contribution in [3.63, 3.8) is 0 Å². The number of aromatic nitrogens is 2. The normalized spacial score (nSPS) is 20.3. The van der Waals surface area contributed by atoms with Crippen LogP contribution in [-0.4, -0.2) is 42.3 Å². The lowest BCUT2D eigenvalue weighted by Gasteiger charge is -2.31. The maximum absolute atomic E-state index is 11.2. The standard InChI is InChI=1S/C13H18N4O3S2/c14-22(18,19)9-10-2-1-4-17(6-10)7-12-15-13(16-20-12)11-3-5-21-8-11/h3,5,8,10H,1-2,4,6-7,9H2,(H2,14,18,19)/t10-/m1/s1. The average molecular weight is 342 g/mol. The van der Waals surface area contributed by atoms with Gasteiger partial charge >= 0.3 is 0 Å². The largest absolute Gasteiger partial charge is 0.338 e. The van der Waals surface area contributed by atoms with E-state index >= 15 is 0 Å². The Morgan fingerprint density at radius 1 is 1.50 bits per heavy atom. The molecular weight excluding hydrogens is 324 g/mol. The van der Waals surface area contributed by atoms with Gasteiger partial charge in [0, 0.05) is 17.5 Å². The number of sulfonamides is 1. The molecule has 0 saturated carbocycles. The highest BCUT2D eigenvalue weighted by Gasteiger charge is 2.24. The van der Waals surface area contributed by atoms with Crippen molar-refractivity contribution >= 4 is 21.4 Å². The van der Waals surface area contributed by atoms with Crippen molar-refractivity contribution in [2.45, 2.75) is 19.4 Å². The quantitative estimate of drug-likeness (QED) is 0.878. The summed E-state index contributed by atoms with van der Waals surface area (Å²) in [6, 6.07) is 1.95. The van der Waals surface area contributed by atoms with Gasteiger partial charge < -0.3 is 4.52 Å². The van der Waals surface area contributed by atoms with Crippen LogP contribution in [0.15, 0.2) is 21.3 Å². The SMILES string of the molecule is NS(=O)(=O)C[C@@H]1CCCN(Cc2nc(-c3ccsc3)no2)C1. The van der Waals surface area contributed by atoms with Gasteiger partial charge in [-0.25, -0.2) is 13.6 Å². The maximum atomic E-state index is 11.2. The van der Waals surface area contributed by atoms with Crippen molar-refractivity contribution in [1.82, 2.24) is 15.0 Å². The number of rotatable bonds is 5. The number of nitrogens with zero attached hydrogens (tertiary/aromatic N) is 3. The number of hydrogen-bond acceptors (Lipinski definition) is 7. The molecule has 1 fully saturated rings. The van der Waals surface area contributed by atoms with Crippen molar-refractivity contribution in [2.24, 2.45) is 11.1 Å². The van der Waals surface area contributed by atoms with Crippen LogP contribution in [0.25, 0.3) is 11.4 Å². The minimum atomic E-state index is -3.42. The summed E-state index contributed by atoms with van der Waals surface area (Å²) >= 11 is 1.58. The number of thiophene rings is 1. The zero-order chi connectivity index (χ0) is 15.6. The fraction of sp³-hybridized carbons (Fsp3) is 0.538. The Balaban J connectivity index is 1.61. The molecule has 0 spiro atoms. The van der Waals surface area contributed by atoms with Crippen molar-refractivity contribution < 1.29 is 12.9 Å². The number of hydrogen-bond donors (Lipinski definition) is 1. The molecule has 1 aliphatic rings. The number of piperidine rings is 1. The molecule has 3 heterocycles. The molecule has 0 amide bonds. The zero-order valence-electron chi connectivity index (χ0n) is 12.0. The molecule has 2 N–H and O–H groups in total. The lowest BCUT2D eigenvalue weighted by molar-refractivity contribution is 0.158. The Morgan fingerprint density at radius 3 is 3.09 bits per heavy atom. The van der Waals surface area contributed by atoms with Gasteiger partial charge in [-0.1, -0.05) is 5.16 Å². The Morgan fingerprint density at radius 2 is 2.36 bits per heavy atom. The average Bonchev–Trinajstić information content (AvgIpc) is 3.07. The minimum Gasteiger partial charge on any atom is -0.338 e. The van der Waals surface area contributed by atoms with E-state index in [9.17, 15) is 8.42 Å². The Hall–Kier alpha value is -1.29. The molecule has 0 unspecified atom stereocenters. The van der Waals surface area contributed by atoms with E-state index in [4.69, 9.17) is 9.66 Å². The van der Waals surface area contributed by atoms with E-state index in [1.54, 1.807) is 11.3 Å². The molecule has 0 radical (unpaired) electrons. The molecule has 2 aromatic rings. The summed E-state index contributed by atoms with van der Waals surface area (Å²) < 4.78 is 27.7. The zero-order valence-corrected chi connectivity index (χ0v) is 13.6. The van der Waals surface area contributed by atoms with Crippen LogP contribution in [0.2, 0.25) is 0 Å². The van der Waals surface area contributed by atoms with E-state index in [0.29, 0.717) is 24.8 Å². The minimum absolute atomic E-state index is 0.0352. The summed E-state index contributed by atoms with van der Waals surface area (Å²) in [6.07, 6.45) is 1.84. The fourth-order valence-electron chi connectivity index (χ4n) is 2.78. The Kier molecular flexibility index (Phi) is 4.57. The van der Waals surface area contributed by atoms with Crippen LogP contribution in [0, 0.1) is 5.92 Å². The lowest BCUT2D eigenvalue weighted by atomic mass is 10.0. The molecular formula is C13H18N4O3S2. The van der Waals surface area contributed by atoms with Crippen LogP contribution in [-0.2, 0) is 16.6 Å². The Labute approximate surface area is 133 Å². The smallest absolute Gasteiger partial charge is 0.241 e. The Bertz CT molecular complexity index is 711. The summed E-state index contributed by atoms with van der Waals surface area (Å²) in [7, 11) is -3.42. The second kappa shape index (κ2) is 6.45. The first kappa shape index (κ1) is 15.6. The molecule has 0 bridgehead atoms. The summed E-state index contributed by atoms with van der Waals surface area (Å²) in [5.41, 5.74) is 0.950. The number of primary sulfonamides is 1. The second-order valence-corrected chi connectivity index (χ2v) is 8.04. The van der Waals surface area contributed by atoms with Gasteiger partial charge in [-0.2, -0.15) is 16.3 Å². The molecule has 2 aromatic heterocycles. The third-order valence-electron chi connectivity index (χ3n) is 3.68. The van der Waals surface area contributed by atoms with Crippen molar-refractivity contribution in [3.8, 4) is 11.4 Å². The van der Waals surface area contributed by atoms with Crippen LogP contribution < -0.4 is 5.14 Å². The van der Waals surface area contributed by atoms with E-state index in [0.717, 1.165) is 24.9 Å². The van der Waals surface area contributed by atoms with E-state index in [1.165, 1.54) is 0 Å². The van der Waals surface area contributed by atoms with Gasteiger partial charge in [0.15, 0.2) is 0 Å². The second-order valence-electron chi connectivity index (χ2n) is 5.60. The van der Waals surface area contributed by atoms with Gasteiger partial charge in [-0.05, 0) is 36.8 Å². The first-order chi connectivity index (χ1) is 10.5.